The Balaban J connectivity index is 2.13. The van der Waals surface area contributed by atoms with Crippen molar-refractivity contribution in [2.45, 2.75) is 0 Å². The fraction of sp³-hybridized carbons (Fsp3) is 0. The third-order valence-corrected chi connectivity index (χ3v) is 3.78. The first-order chi connectivity index (χ1) is 11.6. The van der Waals surface area contributed by atoms with E-state index in [1.165, 1.54) is 6.08 Å². The normalized spacial score (nSPS) is 11.0. The molecule has 118 valence electrons. The zero-order valence-corrected chi connectivity index (χ0v) is 12.6. The molecule has 3 rings (SSSR count). The van der Waals surface area contributed by atoms with Crippen molar-refractivity contribution in [3.8, 4) is 11.1 Å². The fourth-order valence-corrected chi connectivity index (χ4v) is 2.70. The van der Waals surface area contributed by atoms with Gasteiger partial charge in [-0.15, -0.1) is 0 Å². The Labute approximate surface area is 138 Å². The molecule has 0 fully saturated rings. The zero-order chi connectivity index (χ0) is 17.1. The van der Waals surface area contributed by atoms with E-state index in [1.54, 1.807) is 24.3 Å². The number of hydrogen-bond donors (Lipinski definition) is 2. The average Bonchev–Trinajstić information content (AvgIpc) is 2.59. The Hall–Kier alpha value is -3.40. The van der Waals surface area contributed by atoms with Crippen molar-refractivity contribution in [2.75, 3.05) is 0 Å². The SMILES string of the molecule is O=C(O)/C=C/c1ccc(-c2cccc3cccc(C(=O)O)c23)cc1. The summed E-state index contributed by atoms with van der Waals surface area (Å²) in [4.78, 5) is 22.1. The first-order valence-corrected chi connectivity index (χ1v) is 7.33. The first-order valence-electron chi connectivity index (χ1n) is 7.33. The lowest BCUT2D eigenvalue weighted by atomic mass is 9.94. The summed E-state index contributed by atoms with van der Waals surface area (Å²) in [5, 5.41) is 19.7. The number of benzene rings is 3. The van der Waals surface area contributed by atoms with Gasteiger partial charge in [0.1, 0.15) is 0 Å². The lowest BCUT2D eigenvalue weighted by Crippen LogP contribution is -1.98. The van der Waals surface area contributed by atoms with Gasteiger partial charge in [0.25, 0.3) is 0 Å². The molecule has 3 aromatic carbocycles. The van der Waals surface area contributed by atoms with Crippen LogP contribution in [0.3, 0.4) is 0 Å². The molecule has 0 saturated heterocycles. The maximum absolute atomic E-state index is 11.5. The van der Waals surface area contributed by atoms with Crippen LogP contribution in [0.25, 0.3) is 28.0 Å². The van der Waals surface area contributed by atoms with Gasteiger partial charge in [-0.2, -0.15) is 0 Å². The van der Waals surface area contributed by atoms with Gasteiger partial charge in [0, 0.05) is 11.5 Å². The third-order valence-electron chi connectivity index (χ3n) is 3.78. The van der Waals surface area contributed by atoms with Crippen LogP contribution in [0.1, 0.15) is 15.9 Å². The molecule has 0 aliphatic rings. The molecule has 0 atom stereocenters. The Bertz CT molecular complexity index is 948. The Kier molecular flexibility index (Phi) is 4.12. The van der Waals surface area contributed by atoms with Gasteiger partial charge >= 0.3 is 11.9 Å². The van der Waals surface area contributed by atoms with E-state index in [0.717, 1.165) is 28.2 Å². The highest BCUT2D eigenvalue weighted by atomic mass is 16.4. The van der Waals surface area contributed by atoms with E-state index in [-0.39, 0.29) is 5.56 Å². The zero-order valence-electron chi connectivity index (χ0n) is 12.6. The Morgan fingerprint density at radius 3 is 2.12 bits per heavy atom. The smallest absolute Gasteiger partial charge is 0.336 e. The second-order valence-electron chi connectivity index (χ2n) is 5.31. The predicted molar refractivity (Wildman–Crippen MR) is 93.0 cm³/mol. The Morgan fingerprint density at radius 1 is 0.833 bits per heavy atom. The van der Waals surface area contributed by atoms with Crippen LogP contribution in [-0.4, -0.2) is 22.2 Å². The molecular formula is C20H14O4. The van der Waals surface area contributed by atoms with Gasteiger partial charge in [0.15, 0.2) is 0 Å². The molecule has 0 aliphatic heterocycles. The molecule has 0 spiro atoms. The minimum absolute atomic E-state index is 0.262. The molecule has 0 aromatic heterocycles. The Morgan fingerprint density at radius 2 is 1.50 bits per heavy atom. The third kappa shape index (κ3) is 3.03. The molecule has 0 bridgehead atoms. The van der Waals surface area contributed by atoms with Crippen LogP contribution < -0.4 is 0 Å². The fourth-order valence-electron chi connectivity index (χ4n) is 2.70. The first kappa shape index (κ1) is 15.5. The van der Waals surface area contributed by atoms with Gasteiger partial charge in [-0.05, 0) is 34.2 Å². The molecule has 0 aliphatic carbocycles. The highest BCUT2D eigenvalue weighted by Crippen LogP contribution is 2.31. The van der Waals surface area contributed by atoms with E-state index < -0.39 is 11.9 Å². The molecule has 0 amide bonds. The molecule has 0 radical (unpaired) electrons. The second kappa shape index (κ2) is 6.38. The minimum atomic E-state index is -1.00. The molecule has 0 unspecified atom stereocenters. The summed E-state index contributed by atoms with van der Waals surface area (Å²) in [6, 6.07) is 18.2. The summed E-state index contributed by atoms with van der Waals surface area (Å²) >= 11 is 0. The van der Waals surface area contributed by atoms with E-state index in [9.17, 15) is 14.7 Å². The van der Waals surface area contributed by atoms with Crippen molar-refractivity contribution < 1.29 is 19.8 Å². The quantitative estimate of drug-likeness (QED) is 0.703. The maximum Gasteiger partial charge on any atom is 0.336 e. The van der Waals surface area contributed by atoms with Crippen LogP contribution in [0.4, 0.5) is 0 Å². The largest absolute Gasteiger partial charge is 0.478 e. The molecule has 2 N–H and O–H groups in total. The average molecular weight is 318 g/mol. The summed E-state index contributed by atoms with van der Waals surface area (Å²) in [5.41, 5.74) is 2.74. The molecule has 0 saturated carbocycles. The van der Waals surface area contributed by atoms with Crippen LogP contribution in [0.5, 0.6) is 0 Å². The van der Waals surface area contributed by atoms with Crippen LogP contribution in [0.15, 0.2) is 66.7 Å². The highest BCUT2D eigenvalue weighted by molar-refractivity contribution is 6.10. The van der Waals surface area contributed by atoms with E-state index in [0.29, 0.717) is 5.39 Å². The summed E-state index contributed by atoms with van der Waals surface area (Å²) < 4.78 is 0. The molecule has 4 nitrogen and oxygen atoms in total. The number of aromatic carboxylic acids is 1. The molecule has 0 heterocycles. The van der Waals surface area contributed by atoms with Crippen molar-refractivity contribution in [2.24, 2.45) is 0 Å². The second-order valence-corrected chi connectivity index (χ2v) is 5.31. The lowest BCUT2D eigenvalue weighted by Gasteiger charge is -2.10. The van der Waals surface area contributed by atoms with Crippen LogP contribution in [-0.2, 0) is 4.79 Å². The van der Waals surface area contributed by atoms with Gasteiger partial charge in [0.05, 0.1) is 5.56 Å². The van der Waals surface area contributed by atoms with E-state index in [2.05, 4.69) is 0 Å². The van der Waals surface area contributed by atoms with Gasteiger partial charge in [-0.1, -0.05) is 54.6 Å². The van der Waals surface area contributed by atoms with E-state index in [4.69, 9.17) is 5.11 Å². The monoisotopic (exact) mass is 318 g/mol. The lowest BCUT2D eigenvalue weighted by molar-refractivity contribution is -0.131. The van der Waals surface area contributed by atoms with Gasteiger partial charge < -0.3 is 10.2 Å². The number of hydrogen-bond acceptors (Lipinski definition) is 2. The summed E-state index contributed by atoms with van der Waals surface area (Å²) in [6.45, 7) is 0. The number of carboxylic acid groups (broad SMARTS) is 2. The topological polar surface area (TPSA) is 74.6 Å². The summed E-state index contributed by atoms with van der Waals surface area (Å²) in [5.74, 6) is -1.96. The van der Waals surface area contributed by atoms with E-state index in [1.807, 2.05) is 36.4 Å². The van der Waals surface area contributed by atoms with Crippen molar-refractivity contribution in [3.05, 3.63) is 77.9 Å². The van der Waals surface area contributed by atoms with Crippen molar-refractivity contribution in [3.63, 3.8) is 0 Å². The van der Waals surface area contributed by atoms with Gasteiger partial charge in [-0.3, -0.25) is 0 Å². The number of fused-ring (bicyclic) bond motifs is 1. The standard InChI is InChI=1S/C20H14O4/c21-18(22)12-9-13-7-10-14(11-8-13)16-5-1-3-15-4-2-6-17(19(15)16)20(23)24/h1-12H,(H,21,22)(H,23,24)/b12-9+. The van der Waals surface area contributed by atoms with Crippen molar-refractivity contribution in [1.82, 2.24) is 0 Å². The number of carboxylic acids is 2. The number of aliphatic carboxylic acids is 1. The van der Waals surface area contributed by atoms with E-state index >= 15 is 0 Å². The van der Waals surface area contributed by atoms with Crippen molar-refractivity contribution in [1.29, 1.82) is 0 Å². The summed E-state index contributed by atoms with van der Waals surface area (Å²) in [6.07, 6.45) is 2.59. The molecular weight excluding hydrogens is 304 g/mol. The maximum atomic E-state index is 11.5. The van der Waals surface area contributed by atoms with Crippen molar-refractivity contribution >= 4 is 28.8 Å². The van der Waals surface area contributed by atoms with Gasteiger partial charge in [-0.25, -0.2) is 9.59 Å². The molecule has 4 heteroatoms. The predicted octanol–water partition coefficient (Wildman–Crippen LogP) is 4.30. The van der Waals surface area contributed by atoms with Crippen LogP contribution in [0, 0.1) is 0 Å². The van der Waals surface area contributed by atoms with Gasteiger partial charge in [0.2, 0.25) is 0 Å². The molecule has 24 heavy (non-hydrogen) atoms. The highest BCUT2D eigenvalue weighted by Gasteiger charge is 2.12. The van der Waals surface area contributed by atoms with Crippen LogP contribution >= 0.6 is 0 Å². The summed E-state index contributed by atoms with van der Waals surface area (Å²) in [7, 11) is 0. The molecule has 3 aromatic rings. The van der Waals surface area contributed by atoms with Crippen LogP contribution in [0.2, 0.25) is 0 Å². The minimum Gasteiger partial charge on any atom is -0.478 e. The number of carbonyl (C=O) groups is 2. The number of rotatable bonds is 4.